The van der Waals surface area contributed by atoms with Gasteiger partial charge in [-0.1, -0.05) is 35.9 Å². The number of halogens is 2. The highest BCUT2D eigenvalue weighted by Gasteiger charge is 2.19. The van der Waals surface area contributed by atoms with Gasteiger partial charge in [0.25, 0.3) is 5.91 Å². The van der Waals surface area contributed by atoms with Crippen LogP contribution in [0.25, 0.3) is 0 Å². The van der Waals surface area contributed by atoms with Crippen molar-refractivity contribution in [2.24, 2.45) is 0 Å². The molecule has 0 aliphatic carbocycles. The van der Waals surface area contributed by atoms with Gasteiger partial charge in [0.1, 0.15) is 11.6 Å². The van der Waals surface area contributed by atoms with E-state index in [2.05, 4.69) is 4.98 Å². The molecule has 6 heteroatoms. The monoisotopic (exact) mass is 384 g/mol. The number of carbonyl (C=O) groups is 1. The van der Waals surface area contributed by atoms with E-state index in [0.29, 0.717) is 17.3 Å². The zero-order chi connectivity index (χ0) is 19.2. The first-order valence-corrected chi connectivity index (χ1v) is 8.71. The Balaban J connectivity index is 1.93. The third kappa shape index (κ3) is 4.63. The molecular formula is C21H18ClFN2O2. The summed E-state index contributed by atoms with van der Waals surface area (Å²) in [5.41, 5.74) is 1.88. The first kappa shape index (κ1) is 18.9. The number of aromatic nitrogens is 1. The molecule has 3 aromatic rings. The van der Waals surface area contributed by atoms with Crippen molar-refractivity contribution in [1.29, 1.82) is 0 Å². The van der Waals surface area contributed by atoms with E-state index in [1.807, 2.05) is 18.2 Å². The molecule has 27 heavy (non-hydrogen) atoms. The number of pyridine rings is 1. The molecule has 1 heterocycles. The summed E-state index contributed by atoms with van der Waals surface area (Å²) in [6, 6.07) is 14.7. The Morgan fingerprint density at radius 1 is 1.15 bits per heavy atom. The minimum absolute atomic E-state index is 0.250. The summed E-state index contributed by atoms with van der Waals surface area (Å²) in [5.74, 6) is -0.215. The van der Waals surface area contributed by atoms with Gasteiger partial charge in [0.15, 0.2) is 0 Å². The average molecular weight is 385 g/mol. The Bertz CT molecular complexity index is 934. The molecule has 0 saturated heterocycles. The predicted octanol–water partition coefficient (Wildman–Crippen LogP) is 4.73. The summed E-state index contributed by atoms with van der Waals surface area (Å²) < 4.78 is 18.8. The molecule has 0 atom stereocenters. The fraction of sp³-hybridized carbons (Fsp3) is 0.143. The van der Waals surface area contributed by atoms with Crippen molar-refractivity contribution in [2.75, 3.05) is 7.11 Å². The zero-order valence-electron chi connectivity index (χ0n) is 14.7. The number of benzene rings is 2. The SMILES string of the molecule is COc1cccc(CN(Cc2cccnc2)C(=O)c2cccc(F)c2)c1Cl. The van der Waals surface area contributed by atoms with Gasteiger partial charge in [-0.3, -0.25) is 9.78 Å². The van der Waals surface area contributed by atoms with Crippen molar-refractivity contribution in [1.82, 2.24) is 9.88 Å². The molecule has 2 aromatic carbocycles. The highest BCUT2D eigenvalue weighted by Crippen LogP contribution is 2.29. The summed E-state index contributed by atoms with van der Waals surface area (Å²) in [4.78, 5) is 18.7. The topological polar surface area (TPSA) is 42.4 Å². The lowest BCUT2D eigenvalue weighted by Gasteiger charge is -2.24. The fourth-order valence-electron chi connectivity index (χ4n) is 2.76. The molecule has 0 spiro atoms. The number of hydrogen-bond donors (Lipinski definition) is 0. The van der Waals surface area contributed by atoms with E-state index in [9.17, 15) is 9.18 Å². The maximum Gasteiger partial charge on any atom is 0.254 e. The van der Waals surface area contributed by atoms with Crippen LogP contribution in [-0.4, -0.2) is 22.9 Å². The van der Waals surface area contributed by atoms with E-state index in [4.69, 9.17) is 16.3 Å². The Labute approximate surface area is 162 Å². The van der Waals surface area contributed by atoms with Gasteiger partial charge in [0.05, 0.1) is 12.1 Å². The third-order valence-corrected chi connectivity index (χ3v) is 4.51. The van der Waals surface area contributed by atoms with Gasteiger partial charge in [-0.15, -0.1) is 0 Å². The van der Waals surface area contributed by atoms with Crippen molar-refractivity contribution < 1.29 is 13.9 Å². The van der Waals surface area contributed by atoms with Crippen LogP contribution < -0.4 is 4.74 Å². The van der Waals surface area contributed by atoms with Gasteiger partial charge in [0.2, 0.25) is 0 Å². The van der Waals surface area contributed by atoms with Crippen LogP contribution in [0.4, 0.5) is 4.39 Å². The maximum atomic E-state index is 13.6. The third-order valence-electron chi connectivity index (χ3n) is 4.08. The van der Waals surface area contributed by atoms with Gasteiger partial charge in [-0.25, -0.2) is 4.39 Å². The summed E-state index contributed by atoms with van der Waals surface area (Å²) in [5, 5.41) is 0.447. The second-order valence-corrected chi connectivity index (χ2v) is 6.34. The Morgan fingerprint density at radius 3 is 2.67 bits per heavy atom. The molecule has 0 fully saturated rings. The minimum atomic E-state index is -0.457. The lowest BCUT2D eigenvalue weighted by Crippen LogP contribution is -2.30. The Morgan fingerprint density at radius 2 is 1.96 bits per heavy atom. The standard InChI is InChI=1S/C21H18ClFN2O2/c1-27-19-9-3-7-17(20(19)22)14-25(13-15-5-4-10-24-12-15)21(26)16-6-2-8-18(23)11-16/h2-12H,13-14H2,1H3. The summed E-state index contributed by atoms with van der Waals surface area (Å²) in [6.07, 6.45) is 3.36. The van der Waals surface area contributed by atoms with Crippen LogP contribution in [-0.2, 0) is 13.1 Å². The van der Waals surface area contributed by atoms with Crippen LogP contribution in [0, 0.1) is 5.82 Å². The van der Waals surface area contributed by atoms with Crippen LogP contribution in [0.1, 0.15) is 21.5 Å². The van der Waals surface area contributed by atoms with Crippen LogP contribution in [0.2, 0.25) is 5.02 Å². The molecule has 0 bridgehead atoms. The van der Waals surface area contributed by atoms with E-state index in [0.717, 1.165) is 11.1 Å². The first-order chi connectivity index (χ1) is 13.1. The lowest BCUT2D eigenvalue weighted by molar-refractivity contribution is 0.0729. The van der Waals surface area contributed by atoms with E-state index in [-0.39, 0.29) is 18.0 Å². The number of amides is 1. The molecular weight excluding hydrogens is 367 g/mol. The number of nitrogens with zero attached hydrogens (tertiary/aromatic N) is 2. The normalized spacial score (nSPS) is 10.5. The number of methoxy groups -OCH3 is 1. The molecule has 0 N–H and O–H groups in total. The van der Waals surface area contributed by atoms with Crippen molar-refractivity contribution in [3.8, 4) is 5.75 Å². The quantitative estimate of drug-likeness (QED) is 0.617. The summed E-state index contributed by atoms with van der Waals surface area (Å²) in [7, 11) is 1.54. The van der Waals surface area contributed by atoms with Gasteiger partial charge in [-0.05, 0) is 41.5 Å². The van der Waals surface area contributed by atoms with E-state index < -0.39 is 5.82 Å². The molecule has 0 saturated carbocycles. The van der Waals surface area contributed by atoms with Crippen LogP contribution in [0.15, 0.2) is 67.0 Å². The number of hydrogen-bond acceptors (Lipinski definition) is 3. The molecule has 0 aliphatic rings. The molecule has 1 aromatic heterocycles. The highest BCUT2D eigenvalue weighted by molar-refractivity contribution is 6.32. The Kier molecular flexibility index (Phi) is 6.04. The van der Waals surface area contributed by atoms with E-state index >= 15 is 0 Å². The second-order valence-electron chi connectivity index (χ2n) is 5.97. The zero-order valence-corrected chi connectivity index (χ0v) is 15.5. The van der Waals surface area contributed by atoms with Gasteiger partial charge in [-0.2, -0.15) is 0 Å². The molecule has 4 nitrogen and oxygen atoms in total. The van der Waals surface area contributed by atoms with Crippen molar-refractivity contribution in [2.45, 2.75) is 13.1 Å². The second kappa shape index (κ2) is 8.64. The largest absolute Gasteiger partial charge is 0.495 e. The van der Waals surface area contributed by atoms with Gasteiger partial charge in [0, 0.05) is 31.0 Å². The van der Waals surface area contributed by atoms with Crippen molar-refractivity contribution in [3.63, 3.8) is 0 Å². The number of carbonyl (C=O) groups excluding carboxylic acids is 1. The number of ether oxygens (including phenoxy) is 1. The lowest BCUT2D eigenvalue weighted by atomic mass is 10.1. The minimum Gasteiger partial charge on any atom is -0.495 e. The average Bonchev–Trinajstić information content (AvgIpc) is 2.69. The first-order valence-electron chi connectivity index (χ1n) is 8.33. The Hall–Kier alpha value is -2.92. The maximum absolute atomic E-state index is 13.6. The van der Waals surface area contributed by atoms with Gasteiger partial charge >= 0.3 is 0 Å². The molecule has 138 valence electrons. The van der Waals surface area contributed by atoms with Crippen LogP contribution in [0.5, 0.6) is 5.75 Å². The van der Waals surface area contributed by atoms with Crippen molar-refractivity contribution >= 4 is 17.5 Å². The molecule has 1 amide bonds. The molecule has 0 unspecified atom stereocenters. The summed E-state index contributed by atoms with van der Waals surface area (Å²) >= 11 is 6.40. The van der Waals surface area contributed by atoms with Crippen molar-refractivity contribution in [3.05, 3.63) is 94.5 Å². The molecule has 0 aliphatic heterocycles. The van der Waals surface area contributed by atoms with E-state index in [1.54, 1.807) is 35.5 Å². The molecule has 3 rings (SSSR count). The van der Waals surface area contributed by atoms with E-state index in [1.165, 1.54) is 25.3 Å². The fourth-order valence-corrected chi connectivity index (χ4v) is 3.02. The smallest absolute Gasteiger partial charge is 0.254 e. The predicted molar refractivity (Wildman–Crippen MR) is 102 cm³/mol. The van der Waals surface area contributed by atoms with Crippen LogP contribution in [0.3, 0.4) is 0 Å². The number of rotatable bonds is 6. The van der Waals surface area contributed by atoms with Gasteiger partial charge < -0.3 is 9.64 Å². The van der Waals surface area contributed by atoms with Crippen LogP contribution >= 0.6 is 11.6 Å². The summed E-state index contributed by atoms with van der Waals surface area (Å²) in [6.45, 7) is 0.566. The molecule has 0 radical (unpaired) electrons. The highest BCUT2D eigenvalue weighted by atomic mass is 35.5.